The third-order valence-electron chi connectivity index (χ3n) is 6.30. The first-order valence-electron chi connectivity index (χ1n) is 10.6. The molecular weight excluding hydrogens is 398 g/mol. The number of thiophene rings is 1. The maximum Gasteiger partial charge on any atom is 0.263 e. The van der Waals surface area contributed by atoms with Crippen LogP contribution in [0.4, 0.5) is 0 Å². The van der Waals surface area contributed by atoms with Crippen LogP contribution in [0.25, 0.3) is 5.65 Å². The molecule has 2 aliphatic rings. The fourth-order valence-corrected chi connectivity index (χ4v) is 5.36. The van der Waals surface area contributed by atoms with Gasteiger partial charge in [-0.1, -0.05) is 12.1 Å². The first kappa shape index (κ1) is 19.2. The van der Waals surface area contributed by atoms with Gasteiger partial charge in [-0.25, -0.2) is 0 Å². The van der Waals surface area contributed by atoms with Gasteiger partial charge in [0.15, 0.2) is 5.65 Å². The predicted molar refractivity (Wildman–Crippen MR) is 114 cm³/mol. The van der Waals surface area contributed by atoms with E-state index in [1.807, 2.05) is 56.1 Å². The third kappa shape index (κ3) is 3.60. The molecule has 0 aromatic carbocycles. The number of likely N-dealkylation sites (tertiary alicyclic amines) is 2. The molecule has 0 bridgehead atoms. The highest BCUT2D eigenvalue weighted by Crippen LogP contribution is 2.29. The summed E-state index contributed by atoms with van der Waals surface area (Å²) in [5.41, 5.74) is 0.846. The monoisotopic (exact) mass is 423 g/mol. The van der Waals surface area contributed by atoms with Gasteiger partial charge in [-0.05, 0) is 49.3 Å². The highest BCUT2D eigenvalue weighted by molar-refractivity contribution is 7.12. The Morgan fingerprint density at radius 3 is 2.63 bits per heavy atom. The van der Waals surface area contributed by atoms with Crippen molar-refractivity contribution in [1.29, 1.82) is 0 Å². The molecule has 0 saturated carbocycles. The van der Waals surface area contributed by atoms with Gasteiger partial charge in [0.05, 0.1) is 4.88 Å². The maximum atomic E-state index is 13.2. The number of piperidine rings is 2. The Bertz CT molecular complexity index is 1040. The van der Waals surface area contributed by atoms with Crippen LogP contribution in [0.15, 0.2) is 41.9 Å². The number of aromatic nitrogens is 3. The lowest BCUT2D eigenvalue weighted by atomic mass is 9.92. The summed E-state index contributed by atoms with van der Waals surface area (Å²) in [6.45, 7) is 2.81. The Hall–Kier alpha value is -2.74. The van der Waals surface area contributed by atoms with Crippen LogP contribution in [0.2, 0.25) is 0 Å². The average Bonchev–Trinajstić information content (AvgIpc) is 3.49. The van der Waals surface area contributed by atoms with Gasteiger partial charge in [-0.2, -0.15) is 0 Å². The molecule has 3 aromatic rings. The zero-order valence-corrected chi connectivity index (χ0v) is 17.6. The van der Waals surface area contributed by atoms with Crippen molar-refractivity contribution < 1.29 is 9.59 Å². The number of nitrogens with zero attached hydrogens (tertiary/aromatic N) is 5. The Morgan fingerprint density at radius 2 is 1.83 bits per heavy atom. The summed E-state index contributed by atoms with van der Waals surface area (Å²) < 4.78 is 2.04. The summed E-state index contributed by atoms with van der Waals surface area (Å²) >= 11 is 1.47. The number of hydrogen-bond donors (Lipinski definition) is 0. The molecule has 2 fully saturated rings. The molecule has 2 aliphatic heterocycles. The summed E-state index contributed by atoms with van der Waals surface area (Å²) in [4.78, 5) is 30.4. The summed E-state index contributed by atoms with van der Waals surface area (Å²) in [5, 5.41) is 10.6. The van der Waals surface area contributed by atoms with Crippen molar-refractivity contribution in [1.82, 2.24) is 24.4 Å². The van der Waals surface area contributed by atoms with Crippen LogP contribution in [0, 0.1) is 5.92 Å². The average molecular weight is 424 g/mol. The van der Waals surface area contributed by atoms with Gasteiger partial charge in [0.25, 0.3) is 5.91 Å². The van der Waals surface area contributed by atoms with Gasteiger partial charge in [0.1, 0.15) is 5.82 Å². The molecule has 3 aromatic heterocycles. The highest BCUT2D eigenvalue weighted by Gasteiger charge is 2.34. The molecule has 5 heterocycles. The second kappa shape index (κ2) is 8.18. The SMILES string of the molecule is O=C(c1cccs1)N1CCC(C(=O)N2CCC[C@H](c3nnc4ccccn34)C2)CC1. The minimum absolute atomic E-state index is 0.00581. The minimum Gasteiger partial charge on any atom is -0.342 e. The Morgan fingerprint density at radius 1 is 0.967 bits per heavy atom. The molecule has 1 atom stereocenters. The first-order chi connectivity index (χ1) is 14.7. The van der Waals surface area contributed by atoms with E-state index in [1.54, 1.807) is 0 Å². The van der Waals surface area contributed by atoms with Crippen molar-refractivity contribution in [3.8, 4) is 0 Å². The molecule has 0 spiro atoms. The van der Waals surface area contributed by atoms with E-state index < -0.39 is 0 Å². The van der Waals surface area contributed by atoms with Crippen molar-refractivity contribution in [2.24, 2.45) is 5.92 Å². The van der Waals surface area contributed by atoms with Gasteiger partial charge in [-0.15, -0.1) is 21.5 Å². The number of carbonyl (C=O) groups is 2. The molecule has 2 saturated heterocycles. The molecule has 7 nitrogen and oxygen atoms in total. The normalized spacial score (nSPS) is 20.6. The molecule has 0 aliphatic carbocycles. The first-order valence-corrected chi connectivity index (χ1v) is 11.5. The van der Waals surface area contributed by atoms with Crippen LogP contribution in [-0.4, -0.2) is 62.4 Å². The van der Waals surface area contributed by atoms with Gasteiger partial charge < -0.3 is 9.80 Å². The van der Waals surface area contributed by atoms with Crippen LogP contribution in [0.3, 0.4) is 0 Å². The predicted octanol–water partition coefficient (Wildman–Crippen LogP) is 3.05. The highest BCUT2D eigenvalue weighted by atomic mass is 32.1. The number of pyridine rings is 1. The van der Waals surface area contributed by atoms with E-state index in [2.05, 4.69) is 10.2 Å². The lowest BCUT2D eigenvalue weighted by Gasteiger charge is -2.37. The second-order valence-corrected chi connectivity index (χ2v) is 9.10. The molecular formula is C22H25N5O2S. The number of rotatable bonds is 3. The second-order valence-electron chi connectivity index (χ2n) is 8.15. The smallest absolute Gasteiger partial charge is 0.263 e. The molecule has 0 radical (unpaired) electrons. The third-order valence-corrected chi connectivity index (χ3v) is 7.16. The van der Waals surface area contributed by atoms with E-state index in [-0.39, 0.29) is 23.7 Å². The standard InChI is InChI=1S/C22H25N5O2S/c28-21(16-8-12-25(13-9-16)22(29)18-6-4-14-30-18)26-10-3-5-17(15-26)20-24-23-19-7-1-2-11-27(19)20/h1-2,4,6-7,11,14,16-17H,3,5,8-10,12-13,15H2/t17-/m0/s1. The van der Waals surface area contributed by atoms with E-state index in [9.17, 15) is 9.59 Å². The van der Waals surface area contributed by atoms with Gasteiger partial charge in [0.2, 0.25) is 5.91 Å². The number of carbonyl (C=O) groups excluding carboxylic acids is 2. The summed E-state index contributed by atoms with van der Waals surface area (Å²) in [5.74, 6) is 1.48. The number of fused-ring (bicyclic) bond motifs is 1. The number of amides is 2. The van der Waals surface area contributed by atoms with Gasteiger partial charge in [0, 0.05) is 44.2 Å². The van der Waals surface area contributed by atoms with Crippen molar-refractivity contribution >= 4 is 28.8 Å². The quantitative estimate of drug-likeness (QED) is 0.649. The summed E-state index contributed by atoms with van der Waals surface area (Å²) in [7, 11) is 0. The molecule has 0 unspecified atom stereocenters. The molecule has 30 heavy (non-hydrogen) atoms. The zero-order valence-electron chi connectivity index (χ0n) is 16.8. The molecule has 156 valence electrons. The van der Waals surface area contributed by atoms with Crippen LogP contribution >= 0.6 is 11.3 Å². The van der Waals surface area contributed by atoms with E-state index in [4.69, 9.17) is 0 Å². The van der Waals surface area contributed by atoms with Crippen LogP contribution in [0.5, 0.6) is 0 Å². The summed E-state index contributed by atoms with van der Waals surface area (Å²) in [6, 6.07) is 9.66. The van der Waals surface area contributed by atoms with Crippen molar-refractivity contribution in [3.05, 3.63) is 52.6 Å². The fourth-order valence-electron chi connectivity index (χ4n) is 4.67. The van der Waals surface area contributed by atoms with Crippen molar-refractivity contribution in [2.75, 3.05) is 26.2 Å². The minimum atomic E-state index is 0.00581. The maximum absolute atomic E-state index is 13.2. The molecule has 8 heteroatoms. The van der Waals surface area contributed by atoms with Crippen molar-refractivity contribution in [3.63, 3.8) is 0 Å². The molecule has 5 rings (SSSR count). The van der Waals surface area contributed by atoms with Crippen molar-refractivity contribution in [2.45, 2.75) is 31.6 Å². The van der Waals surface area contributed by atoms with E-state index >= 15 is 0 Å². The van der Waals surface area contributed by atoms with Crippen LogP contribution < -0.4 is 0 Å². The van der Waals surface area contributed by atoms with E-state index in [0.29, 0.717) is 19.6 Å². The Balaban J connectivity index is 1.22. The summed E-state index contributed by atoms with van der Waals surface area (Å²) in [6.07, 6.45) is 5.48. The number of hydrogen-bond acceptors (Lipinski definition) is 5. The van der Waals surface area contributed by atoms with Gasteiger partial charge >= 0.3 is 0 Å². The zero-order chi connectivity index (χ0) is 20.5. The Kier molecular flexibility index (Phi) is 5.25. The topological polar surface area (TPSA) is 70.8 Å². The van der Waals surface area contributed by atoms with Crippen LogP contribution in [0.1, 0.15) is 47.1 Å². The van der Waals surface area contributed by atoms with Gasteiger partial charge in [-0.3, -0.25) is 14.0 Å². The molecule has 0 N–H and O–H groups in total. The Labute approximate surface area is 179 Å². The van der Waals surface area contributed by atoms with E-state index in [1.165, 1.54) is 11.3 Å². The van der Waals surface area contributed by atoms with E-state index in [0.717, 1.165) is 48.6 Å². The lowest BCUT2D eigenvalue weighted by Crippen LogP contribution is -2.47. The fraction of sp³-hybridized carbons (Fsp3) is 0.455. The largest absolute Gasteiger partial charge is 0.342 e. The lowest BCUT2D eigenvalue weighted by molar-refractivity contribution is -0.138. The van der Waals surface area contributed by atoms with Crippen LogP contribution in [-0.2, 0) is 4.79 Å². The molecule has 2 amide bonds.